The number of carbonyl (C=O) groups is 2. The number of carbonyl (C=O) groups excluding carboxylic acids is 2. The van der Waals surface area contributed by atoms with Gasteiger partial charge in [-0.15, -0.1) is 11.6 Å². The Morgan fingerprint density at radius 2 is 2.04 bits per heavy atom. The fourth-order valence-electron chi connectivity index (χ4n) is 4.45. The van der Waals surface area contributed by atoms with E-state index in [-0.39, 0.29) is 18.4 Å². The van der Waals surface area contributed by atoms with E-state index in [1.807, 2.05) is 0 Å². The van der Waals surface area contributed by atoms with Crippen molar-refractivity contribution in [2.75, 3.05) is 0 Å². The van der Waals surface area contributed by atoms with Crippen LogP contribution in [0.3, 0.4) is 0 Å². The fraction of sp³-hybridized carbons (Fsp3) is 0.647. The molecule has 1 aliphatic heterocycles. The zero-order valence-electron chi connectivity index (χ0n) is 13.6. The van der Waals surface area contributed by atoms with Crippen molar-refractivity contribution in [1.82, 2.24) is 0 Å². The van der Waals surface area contributed by atoms with E-state index in [0.717, 1.165) is 0 Å². The van der Waals surface area contributed by atoms with Gasteiger partial charge in [-0.2, -0.15) is 0 Å². The van der Waals surface area contributed by atoms with Crippen LogP contribution in [0.25, 0.3) is 0 Å². The molecule has 1 heterocycles. The molecule has 3 rings (SSSR count). The summed E-state index contributed by atoms with van der Waals surface area (Å²) in [4.78, 5) is 23.5. The minimum atomic E-state index is -1.52. The molecule has 2 saturated carbocycles. The van der Waals surface area contributed by atoms with E-state index in [1.165, 1.54) is 13.8 Å². The number of hydrogen-bond acceptors (Lipinski definition) is 6. The summed E-state index contributed by atoms with van der Waals surface area (Å²) in [6, 6.07) is 0. The van der Waals surface area contributed by atoms with Crippen molar-refractivity contribution >= 4 is 23.5 Å². The molecule has 2 N–H and O–H groups in total. The van der Waals surface area contributed by atoms with Crippen LogP contribution in [0, 0.1) is 11.8 Å². The lowest BCUT2D eigenvalue weighted by Crippen LogP contribution is -2.52. The molecule has 0 spiro atoms. The Bertz CT molecular complexity index is 641. The summed E-state index contributed by atoms with van der Waals surface area (Å²) in [5, 5.41) is 21.4. The summed E-state index contributed by atoms with van der Waals surface area (Å²) >= 11 is 6.27. The normalized spacial score (nSPS) is 47.7. The lowest BCUT2D eigenvalue weighted by Gasteiger charge is -2.39. The lowest BCUT2D eigenvalue weighted by molar-refractivity contribution is -0.157. The van der Waals surface area contributed by atoms with E-state index in [4.69, 9.17) is 21.1 Å². The first-order valence-electron chi connectivity index (χ1n) is 7.84. The monoisotopic (exact) mass is 356 g/mol. The molecule has 7 heteroatoms. The number of alkyl halides is 1. The van der Waals surface area contributed by atoms with Crippen molar-refractivity contribution in [2.24, 2.45) is 11.8 Å². The molecule has 3 fully saturated rings. The number of hydrogen-bond donors (Lipinski definition) is 2. The molecule has 6 nitrogen and oxygen atoms in total. The molecule has 7 unspecified atom stereocenters. The van der Waals surface area contributed by atoms with Crippen molar-refractivity contribution in [3.8, 4) is 0 Å². The Kier molecular flexibility index (Phi) is 3.86. The van der Waals surface area contributed by atoms with E-state index in [0.29, 0.717) is 5.57 Å². The Balaban J connectivity index is 2.13. The number of rotatable bonds is 1. The zero-order valence-corrected chi connectivity index (χ0v) is 14.4. The molecule has 0 amide bonds. The summed E-state index contributed by atoms with van der Waals surface area (Å²) in [7, 11) is 0. The highest BCUT2D eigenvalue weighted by molar-refractivity contribution is 6.21. The second kappa shape index (κ2) is 5.31. The highest BCUT2D eigenvalue weighted by Gasteiger charge is 2.68. The number of esters is 2. The quantitative estimate of drug-likeness (QED) is 0.316. The highest BCUT2D eigenvalue weighted by atomic mass is 35.5. The molecule has 3 aliphatic rings. The molecule has 7 atom stereocenters. The average Bonchev–Trinajstić information content (AvgIpc) is 2.77. The molecule has 24 heavy (non-hydrogen) atoms. The maximum absolute atomic E-state index is 12.1. The van der Waals surface area contributed by atoms with E-state index in [9.17, 15) is 19.8 Å². The second-order valence-corrected chi connectivity index (χ2v) is 7.70. The molecule has 132 valence electrons. The minimum Gasteiger partial charge on any atom is -0.461 e. The molecule has 0 bridgehead atoms. The Hall–Kier alpha value is -1.37. The Morgan fingerprint density at radius 3 is 2.62 bits per heavy atom. The predicted molar refractivity (Wildman–Crippen MR) is 85.1 cm³/mol. The molecular formula is C17H21ClO6. The van der Waals surface area contributed by atoms with Crippen LogP contribution in [0.2, 0.25) is 0 Å². The van der Waals surface area contributed by atoms with Gasteiger partial charge in [0.1, 0.15) is 12.2 Å². The molecular weight excluding hydrogens is 336 g/mol. The molecule has 0 aromatic heterocycles. The predicted octanol–water partition coefficient (Wildman–Crippen LogP) is 1.09. The summed E-state index contributed by atoms with van der Waals surface area (Å²) in [6.45, 7) is 10.5. The molecule has 0 aromatic carbocycles. The maximum atomic E-state index is 12.1. The van der Waals surface area contributed by atoms with Gasteiger partial charge in [-0.25, -0.2) is 4.79 Å². The van der Waals surface area contributed by atoms with Crippen molar-refractivity contribution in [3.63, 3.8) is 0 Å². The topological polar surface area (TPSA) is 93.1 Å². The van der Waals surface area contributed by atoms with Crippen LogP contribution in [0.4, 0.5) is 0 Å². The number of fused-ring (bicyclic) bond motifs is 3. The second-order valence-electron chi connectivity index (χ2n) is 7.18. The first-order valence-corrected chi connectivity index (χ1v) is 8.28. The van der Waals surface area contributed by atoms with Crippen LogP contribution in [0.15, 0.2) is 24.3 Å². The van der Waals surface area contributed by atoms with Gasteiger partial charge in [0.2, 0.25) is 0 Å². The largest absolute Gasteiger partial charge is 0.461 e. The van der Waals surface area contributed by atoms with Gasteiger partial charge < -0.3 is 19.7 Å². The van der Waals surface area contributed by atoms with E-state index in [1.54, 1.807) is 0 Å². The smallest absolute Gasteiger partial charge is 0.334 e. The van der Waals surface area contributed by atoms with Gasteiger partial charge in [0.15, 0.2) is 0 Å². The van der Waals surface area contributed by atoms with Crippen molar-refractivity contribution in [1.29, 1.82) is 0 Å². The third-order valence-corrected chi connectivity index (χ3v) is 6.23. The number of ether oxygens (including phenoxy) is 2. The summed E-state index contributed by atoms with van der Waals surface area (Å²) in [5.41, 5.74) is -2.44. The van der Waals surface area contributed by atoms with Crippen molar-refractivity contribution in [2.45, 2.75) is 55.5 Å². The van der Waals surface area contributed by atoms with Crippen LogP contribution in [-0.2, 0) is 19.1 Å². The zero-order chi connectivity index (χ0) is 18.0. The first-order chi connectivity index (χ1) is 11.0. The van der Waals surface area contributed by atoms with Crippen molar-refractivity contribution in [3.05, 3.63) is 24.3 Å². The first kappa shape index (κ1) is 17.5. The number of aliphatic hydroxyl groups is 2. The van der Waals surface area contributed by atoms with Crippen LogP contribution in [0.1, 0.15) is 26.7 Å². The minimum absolute atomic E-state index is 0.0745. The van der Waals surface area contributed by atoms with Crippen LogP contribution >= 0.6 is 11.6 Å². The molecule has 1 saturated heterocycles. The van der Waals surface area contributed by atoms with E-state index in [2.05, 4.69) is 13.2 Å². The van der Waals surface area contributed by atoms with Gasteiger partial charge in [0, 0.05) is 18.9 Å². The summed E-state index contributed by atoms with van der Waals surface area (Å²) < 4.78 is 10.8. The van der Waals surface area contributed by atoms with Crippen LogP contribution in [0.5, 0.6) is 0 Å². The lowest BCUT2D eigenvalue weighted by atomic mass is 9.74. The Morgan fingerprint density at radius 1 is 1.42 bits per heavy atom. The molecule has 0 aromatic rings. The van der Waals surface area contributed by atoms with Gasteiger partial charge in [0.25, 0.3) is 0 Å². The summed E-state index contributed by atoms with van der Waals surface area (Å²) in [5.74, 6) is -2.68. The van der Waals surface area contributed by atoms with Crippen LogP contribution in [-0.4, -0.2) is 50.9 Å². The van der Waals surface area contributed by atoms with Gasteiger partial charge in [-0.05, 0) is 18.9 Å². The van der Waals surface area contributed by atoms with E-state index >= 15 is 0 Å². The molecule has 0 radical (unpaired) electrons. The molecule has 2 aliphatic carbocycles. The maximum Gasteiger partial charge on any atom is 0.334 e. The van der Waals surface area contributed by atoms with Gasteiger partial charge in [0.05, 0.1) is 28.4 Å². The SMILES string of the molecule is C=C1C(=O)OC2C1C(OC(C)=O)CC(=C)C1(O)CC(Cl)C(C)(O)C21. The fourth-order valence-corrected chi connectivity index (χ4v) is 4.82. The average molecular weight is 357 g/mol. The Labute approximate surface area is 145 Å². The number of halogens is 1. The van der Waals surface area contributed by atoms with E-state index < -0.39 is 52.6 Å². The summed E-state index contributed by atoms with van der Waals surface area (Å²) in [6.07, 6.45) is -1.41. The third kappa shape index (κ3) is 2.24. The highest BCUT2D eigenvalue weighted by Crippen LogP contribution is 2.57. The van der Waals surface area contributed by atoms with Gasteiger partial charge in [-0.3, -0.25) is 4.79 Å². The third-order valence-electron chi connectivity index (χ3n) is 5.64. The van der Waals surface area contributed by atoms with Gasteiger partial charge in [-0.1, -0.05) is 13.2 Å². The standard InChI is InChI=1S/C17H21ClO6/c1-7-5-10(23-9(3)19)12-8(2)15(20)24-13(12)14-16(4,21)11(18)6-17(7,14)22/h10-14,21-22H,1-2,5-6H2,3-4H3. The van der Waals surface area contributed by atoms with Gasteiger partial charge >= 0.3 is 11.9 Å². The van der Waals surface area contributed by atoms with Crippen molar-refractivity contribution < 1.29 is 29.3 Å². The van der Waals surface area contributed by atoms with Crippen LogP contribution < -0.4 is 0 Å².